The molecule has 0 aliphatic rings. The minimum atomic E-state index is -1.04. The van der Waals surface area contributed by atoms with Gasteiger partial charge in [0.05, 0.1) is 11.3 Å². The molecular weight excluding hydrogens is 266 g/mol. The number of nitrogens with zero attached hydrogens (tertiary/aromatic N) is 1. The largest absolute Gasteiger partial charge is 0.478 e. The van der Waals surface area contributed by atoms with Gasteiger partial charge in [-0.15, -0.1) is 0 Å². The van der Waals surface area contributed by atoms with Crippen molar-refractivity contribution in [1.82, 2.24) is 4.98 Å². The summed E-state index contributed by atoms with van der Waals surface area (Å²) in [6.07, 6.45) is 0. The van der Waals surface area contributed by atoms with Crippen LogP contribution in [0.25, 0.3) is 0 Å². The first-order valence-corrected chi connectivity index (χ1v) is 5.86. The molecule has 0 aliphatic carbocycles. The van der Waals surface area contributed by atoms with Gasteiger partial charge in [-0.3, -0.25) is 0 Å². The van der Waals surface area contributed by atoms with Crippen LogP contribution in [0, 0.1) is 18.6 Å². The molecule has 1 heterocycles. The standard InChI is InChI=1S/C14H12F2N2O2/c1-8-10(14(19)20)3-5-13(18-8)17-7-9-2-4-11(15)12(16)6-9/h2-6H,7H2,1H3,(H,17,18)(H,19,20). The first-order chi connectivity index (χ1) is 9.47. The van der Waals surface area contributed by atoms with Gasteiger partial charge in [0.15, 0.2) is 11.6 Å². The molecule has 2 N–H and O–H groups in total. The number of hydrogen-bond acceptors (Lipinski definition) is 3. The SMILES string of the molecule is Cc1nc(NCc2ccc(F)c(F)c2)ccc1C(=O)O. The second-order valence-electron chi connectivity index (χ2n) is 4.24. The van der Waals surface area contributed by atoms with E-state index in [0.29, 0.717) is 17.1 Å². The second kappa shape index (κ2) is 5.64. The Morgan fingerprint density at radius 3 is 2.60 bits per heavy atom. The minimum absolute atomic E-state index is 0.128. The van der Waals surface area contributed by atoms with Crippen LogP contribution in [0.3, 0.4) is 0 Å². The van der Waals surface area contributed by atoms with Gasteiger partial charge in [0.1, 0.15) is 5.82 Å². The highest BCUT2D eigenvalue weighted by Gasteiger charge is 2.08. The van der Waals surface area contributed by atoms with Crippen LogP contribution in [0.5, 0.6) is 0 Å². The van der Waals surface area contributed by atoms with E-state index in [1.54, 1.807) is 6.92 Å². The molecule has 104 valence electrons. The van der Waals surface area contributed by atoms with E-state index >= 15 is 0 Å². The Labute approximate surface area is 114 Å². The summed E-state index contributed by atoms with van der Waals surface area (Å²) < 4.78 is 25.8. The van der Waals surface area contributed by atoms with Crippen molar-refractivity contribution in [2.45, 2.75) is 13.5 Å². The molecule has 0 unspecified atom stereocenters. The average molecular weight is 278 g/mol. The fraction of sp³-hybridized carbons (Fsp3) is 0.143. The van der Waals surface area contributed by atoms with Gasteiger partial charge in [-0.25, -0.2) is 18.6 Å². The number of carboxylic acids is 1. The van der Waals surface area contributed by atoms with Gasteiger partial charge in [-0.1, -0.05) is 6.07 Å². The lowest BCUT2D eigenvalue weighted by Gasteiger charge is -2.08. The van der Waals surface area contributed by atoms with E-state index in [9.17, 15) is 13.6 Å². The molecular formula is C14H12F2N2O2. The van der Waals surface area contributed by atoms with Gasteiger partial charge in [-0.2, -0.15) is 0 Å². The fourth-order valence-corrected chi connectivity index (χ4v) is 1.73. The Kier molecular flexibility index (Phi) is 3.93. The number of benzene rings is 1. The molecule has 0 atom stereocenters. The van der Waals surface area contributed by atoms with Crippen LogP contribution < -0.4 is 5.32 Å². The highest BCUT2D eigenvalue weighted by Crippen LogP contribution is 2.13. The molecule has 1 aromatic heterocycles. The molecule has 0 radical (unpaired) electrons. The first-order valence-electron chi connectivity index (χ1n) is 5.86. The Hall–Kier alpha value is -2.50. The summed E-state index contributed by atoms with van der Waals surface area (Å²) in [5.74, 6) is -2.37. The number of nitrogens with one attached hydrogen (secondary N) is 1. The Morgan fingerprint density at radius 2 is 2.00 bits per heavy atom. The molecule has 0 spiro atoms. The Bertz CT molecular complexity index is 660. The van der Waals surface area contributed by atoms with Crippen LogP contribution >= 0.6 is 0 Å². The lowest BCUT2D eigenvalue weighted by molar-refractivity contribution is 0.0695. The van der Waals surface area contributed by atoms with Crippen molar-refractivity contribution in [2.24, 2.45) is 0 Å². The normalized spacial score (nSPS) is 10.3. The quantitative estimate of drug-likeness (QED) is 0.902. The molecule has 0 bridgehead atoms. The number of aryl methyl sites for hydroxylation is 1. The smallest absolute Gasteiger partial charge is 0.337 e. The molecule has 0 saturated carbocycles. The maximum Gasteiger partial charge on any atom is 0.337 e. The zero-order chi connectivity index (χ0) is 14.7. The lowest BCUT2D eigenvalue weighted by atomic mass is 10.2. The number of carbonyl (C=O) groups is 1. The second-order valence-corrected chi connectivity index (χ2v) is 4.24. The van der Waals surface area contributed by atoms with Crippen LogP contribution in [0.4, 0.5) is 14.6 Å². The van der Waals surface area contributed by atoms with E-state index < -0.39 is 17.6 Å². The van der Waals surface area contributed by atoms with Gasteiger partial charge in [0.25, 0.3) is 0 Å². The predicted octanol–water partition coefficient (Wildman–Crippen LogP) is 2.98. The van der Waals surface area contributed by atoms with Crippen molar-refractivity contribution in [3.8, 4) is 0 Å². The van der Waals surface area contributed by atoms with E-state index in [-0.39, 0.29) is 12.1 Å². The number of aromatic nitrogens is 1. The van der Waals surface area contributed by atoms with Gasteiger partial charge in [0.2, 0.25) is 0 Å². The van der Waals surface area contributed by atoms with Crippen molar-refractivity contribution < 1.29 is 18.7 Å². The molecule has 0 fully saturated rings. The number of anilines is 1. The summed E-state index contributed by atoms with van der Waals surface area (Å²) in [5, 5.41) is 11.8. The number of carboxylic acid groups (broad SMARTS) is 1. The maximum atomic E-state index is 13.0. The highest BCUT2D eigenvalue weighted by molar-refractivity contribution is 5.89. The molecule has 2 aromatic rings. The highest BCUT2D eigenvalue weighted by atomic mass is 19.2. The molecule has 6 heteroatoms. The van der Waals surface area contributed by atoms with E-state index in [0.717, 1.165) is 12.1 Å². The summed E-state index contributed by atoms with van der Waals surface area (Å²) in [6, 6.07) is 6.58. The summed E-state index contributed by atoms with van der Waals surface area (Å²) in [4.78, 5) is 14.9. The van der Waals surface area contributed by atoms with Crippen molar-refractivity contribution in [1.29, 1.82) is 0 Å². The lowest BCUT2D eigenvalue weighted by Crippen LogP contribution is -2.06. The number of pyridine rings is 1. The number of halogens is 2. The van der Waals surface area contributed by atoms with Gasteiger partial charge in [-0.05, 0) is 36.8 Å². The summed E-state index contributed by atoms with van der Waals surface area (Å²) in [6.45, 7) is 1.85. The van der Waals surface area contributed by atoms with E-state index in [1.807, 2.05) is 0 Å². The number of hydrogen-bond donors (Lipinski definition) is 2. The maximum absolute atomic E-state index is 13.0. The van der Waals surface area contributed by atoms with Crippen LogP contribution in [-0.2, 0) is 6.54 Å². The summed E-state index contributed by atoms with van der Waals surface area (Å²) >= 11 is 0. The van der Waals surface area contributed by atoms with Crippen LogP contribution in [0.1, 0.15) is 21.6 Å². The molecule has 2 rings (SSSR count). The van der Waals surface area contributed by atoms with Crippen LogP contribution in [0.15, 0.2) is 30.3 Å². The molecule has 0 aliphatic heterocycles. The van der Waals surface area contributed by atoms with E-state index in [1.165, 1.54) is 18.2 Å². The summed E-state index contributed by atoms with van der Waals surface area (Å²) in [5.41, 5.74) is 1.07. The van der Waals surface area contributed by atoms with Gasteiger partial charge in [0, 0.05) is 6.54 Å². The zero-order valence-corrected chi connectivity index (χ0v) is 10.7. The Morgan fingerprint density at radius 1 is 1.25 bits per heavy atom. The van der Waals surface area contributed by atoms with Crippen molar-refractivity contribution in [3.05, 3.63) is 58.8 Å². The van der Waals surface area contributed by atoms with E-state index in [4.69, 9.17) is 5.11 Å². The van der Waals surface area contributed by atoms with Gasteiger partial charge >= 0.3 is 5.97 Å². The third kappa shape index (κ3) is 3.09. The summed E-state index contributed by atoms with van der Waals surface area (Å²) in [7, 11) is 0. The van der Waals surface area contributed by atoms with Crippen molar-refractivity contribution >= 4 is 11.8 Å². The van der Waals surface area contributed by atoms with E-state index in [2.05, 4.69) is 10.3 Å². The Balaban J connectivity index is 2.09. The predicted molar refractivity (Wildman–Crippen MR) is 69.6 cm³/mol. The molecule has 0 amide bonds. The number of rotatable bonds is 4. The third-order valence-electron chi connectivity index (χ3n) is 2.77. The molecule has 4 nitrogen and oxygen atoms in total. The number of aromatic carboxylic acids is 1. The molecule has 1 aromatic carbocycles. The molecule has 0 saturated heterocycles. The third-order valence-corrected chi connectivity index (χ3v) is 2.77. The molecule has 20 heavy (non-hydrogen) atoms. The van der Waals surface area contributed by atoms with Crippen LogP contribution in [0.2, 0.25) is 0 Å². The zero-order valence-electron chi connectivity index (χ0n) is 10.7. The monoisotopic (exact) mass is 278 g/mol. The topological polar surface area (TPSA) is 62.2 Å². The van der Waals surface area contributed by atoms with Gasteiger partial charge < -0.3 is 10.4 Å². The average Bonchev–Trinajstić information content (AvgIpc) is 2.40. The first kappa shape index (κ1) is 13.9. The van der Waals surface area contributed by atoms with Crippen LogP contribution in [-0.4, -0.2) is 16.1 Å². The fourth-order valence-electron chi connectivity index (χ4n) is 1.73. The minimum Gasteiger partial charge on any atom is -0.478 e. The van der Waals surface area contributed by atoms with Crippen molar-refractivity contribution in [2.75, 3.05) is 5.32 Å². The van der Waals surface area contributed by atoms with Crippen molar-refractivity contribution in [3.63, 3.8) is 0 Å².